The van der Waals surface area contributed by atoms with Gasteiger partial charge >= 0.3 is 0 Å². The van der Waals surface area contributed by atoms with Crippen molar-refractivity contribution in [3.8, 4) is 34.0 Å². The van der Waals surface area contributed by atoms with E-state index < -0.39 is 0 Å². The monoisotopic (exact) mass is 1640 g/mol. The lowest BCUT2D eigenvalue weighted by Gasteiger charge is -2.34. The van der Waals surface area contributed by atoms with Crippen molar-refractivity contribution in [2.45, 2.75) is 127 Å². The van der Waals surface area contributed by atoms with Crippen molar-refractivity contribution in [3.05, 3.63) is 210 Å². The number of hydrogen-bond donors (Lipinski definition) is 3. The smallest absolute Gasteiger partial charge is 0.238 e. The third-order valence-electron chi connectivity index (χ3n) is 21.7. The van der Waals surface area contributed by atoms with Crippen LogP contribution in [0.3, 0.4) is 0 Å². The molecule has 0 saturated carbocycles. The molecule has 6 fully saturated rings. The van der Waals surface area contributed by atoms with Crippen LogP contribution < -0.4 is 46.9 Å². The molecule has 3 N–H and O–H groups in total. The van der Waals surface area contributed by atoms with E-state index in [9.17, 15) is 28.8 Å². The molecule has 6 atom stereocenters. The number of benzene rings is 6. The van der Waals surface area contributed by atoms with Crippen LogP contribution in [0, 0.1) is 0 Å². The molecular weight excluding hydrogens is 1540 g/mol. The van der Waals surface area contributed by atoms with Gasteiger partial charge in [0.2, 0.25) is 17.7 Å². The van der Waals surface area contributed by atoms with Crippen molar-refractivity contribution in [2.75, 3.05) is 168 Å². The molecule has 0 spiro atoms. The Morgan fingerprint density at radius 3 is 0.872 bits per heavy atom. The van der Waals surface area contributed by atoms with E-state index in [0.717, 1.165) is 122 Å². The molecule has 12 heterocycles. The number of morpholine rings is 6. The highest BCUT2D eigenvalue weighted by molar-refractivity contribution is 8.00. The Balaban J connectivity index is 0.000000131. The highest BCUT2D eigenvalue weighted by Crippen LogP contribution is 2.49. The van der Waals surface area contributed by atoms with E-state index in [1.807, 2.05) is 96.1 Å². The third-order valence-corrected chi connectivity index (χ3v) is 25.6. The van der Waals surface area contributed by atoms with Crippen molar-refractivity contribution in [2.24, 2.45) is 0 Å². The van der Waals surface area contributed by atoms with Gasteiger partial charge in [-0.2, -0.15) is 0 Å². The SMILES string of the molecule is C[C@@H]1CN(CC(=O)Nc2ccc3c(c2)Cc2cccc(-c4cc(=O)cc(N5CCOCC5)o4)c2S3)C[C@H](C)O1.C[C@@H]1CN(CC(=O)Nc2ccc3c(c2)Cc2cccc(-c4cc(=O)cc(N5CCOCC5)o4)c2S3)C[C@H](C)O1.C[C@@H]1CN(CC(=O)Nc2ccc3c(c2)Cc2cccc(-c4cc(=O)cc(N5CCOCC5)o4)c2S3)C[C@H](C)O1. The van der Waals surface area contributed by atoms with E-state index in [1.165, 1.54) is 33.4 Å². The maximum Gasteiger partial charge on any atom is 0.238 e. The van der Waals surface area contributed by atoms with Gasteiger partial charge < -0.3 is 72.3 Å². The van der Waals surface area contributed by atoms with Crippen LogP contribution in [0.2, 0.25) is 0 Å². The molecule has 612 valence electrons. The highest BCUT2D eigenvalue weighted by atomic mass is 32.2. The Kier molecular flexibility index (Phi) is 25.7. The van der Waals surface area contributed by atoms with Gasteiger partial charge in [0.25, 0.3) is 0 Å². The van der Waals surface area contributed by atoms with Crippen LogP contribution in [0.4, 0.5) is 34.7 Å². The summed E-state index contributed by atoms with van der Waals surface area (Å²) in [5.41, 5.74) is 12.0. The number of carbonyl (C=O) groups excluding carboxylic acids is 3. The average Bonchev–Trinajstić information content (AvgIpc) is 0.781. The van der Waals surface area contributed by atoms with Gasteiger partial charge in [0.05, 0.1) is 95.9 Å². The summed E-state index contributed by atoms with van der Waals surface area (Å²) >= 11 is 5.03. The molecular formula is C90H99N9O15S3. The molecule has 117 heavy (non-hydrogen) atoms. The third kappa shape index (κ3) is 20.3. The summed E-state index contributed by atoms with van der Waals surface area (Å²) in [6, 6.07) is 46.1. The Hall–Kier alpha value is -9.33. The van der Waals surface area contributed by atoms with Crippen LogP contribution in [0.5, 0.6) is 0 Å². The van der Waals surface area contributed by atoms with Crippen LogP contribution in [0.1, 0.15) is 74.9 Å². The van der Waals surface area contributed by atoms with E-state index in [4.69, 9.17) is 41.7 Å². The maximum absolute atomic E-state index is 12.8. The largest absolute Gasteiger partial charge is 0.440 e. The number of carbonyl (C=O) groups is 3. The fourth-order valence-electron chi connectivity index (χ4n) is 16.8. The lowest BCUT2D eigenvalue weighted by molar-refractivity contribution is -0.122. The highest BCUT2D eigenvalue weighted by Gasteiger charge is 2.32. The number of anilines is 6. The maximum atomic E-state index is 12.8. The normalized spacial score (nSPS) is 21.2. The molecule has 24 nitrogen and oxygen atoms in total. The van der Waals surface area contributed by atoms with E-state index in [2.05, 4.69) is 99.9 Å². The molecule has 18 rings (SSSR count). The van der Waals surface area contributed by atoms with Crippen LogP contribution in [0.25, 0.3) is 34.0 Å². The molecule has 3 aromatic heterocycles. The number of fused-ring (bicyclic) bond motifs is 6. The Morgan fingerprint density at radius 2 is 0.607 bits per heavy atom. The second kappa shape index (κ2) is 36.9. The summed E-state index contributed by atoms with van der Waals surface area (Å²) in [5.74, 6) is 3.43. The predicted octanol–water partition coefficient (Wildman–Crippen LogP) is 12.7. The molecule has 9 aliphatic heterocycles. The fraction of sp³-hybridized carbons (Fsp3) is 0.400. The quantitative estimate of drug-likeness (QED) is 0.0862. The Bertz CT molecular complexity index is 4790. The van der Waals surface area contributed by atoms with Crippen LogP contribution in [0.15, 0.2) is 203 Å². The second-order valence-electron chi connectivity index (χ2n) is 31.5. The average molecular weight is 1640 g/mol. The molecule has 9 aliphatic rings. The number of ether oxygens (including phenoxy) is 6. The summed E-state index contributed by atoms with van der Waals surface area (Å²) in [7, 11) is 0. The fourth-order valence-corrected chi connectivity index (χ4v) is 20.3. The zero-order valence-electron chi connectivity index (χ0n) is 66.8. The topological polar surface area (TPSA) is 253 Å². The molecule has 0 aliphatic carbocycles. The minimum absolute atomic E-state index is 0.0161. The van der Waals surface area contributed by atoms with Crippen LogP contribution in [-0.2, 0) is 62.1 Å². The van der Waals surface area contributed by atoms with E-state index in [0.29, 0.717) is 133 Å². The summed E-state index contributed by atoms with van der Waals surface area (Å²) in [6.45, 7) is 25.8. The number of amides is 3. The molecule has 6 saturated heterocycles. The molecule has 0 radical (unpaired) electrons. The van der Waals surface area contributed by atoms with Gasteiger partial charge in [0.15, 0.2) is 33.9 Å². The molecule has 27 heteroatoms. The van der Waals surface area contributed by atoms with Crippen molar-refractivity contribution < 1.29 is 56.1 Å². The summed E-state index contributed by atoms with van der Waals surface area (Å²) < 4.78 is 52.5. The number of nitrogens with one attached hydrogen (secondary N) is 3. The minimum Gasteiger partial charge on any atom is -0.440 e. The number of hydrogen-bond acceptors (Lipinski definition) is 24. The first-order valence-corrected chi connectivity index (χ1v) is 42.9. The van der Waals surface area contributed by atoms with E-state index >= 15 is 0 Å². The number of nitrogens with zero attached hydrogens (tertiary/aromatic N) is 6. The molecule has 9 aromatic rings. The first-order chi connectivity index (χ1) is 56.7. The predicted molar refractivity (Wildman–Crippen MR) is 456 cm³/mol. The van der Waals surface area contributed by atoms with Gasteiger partial charge in [-0.3, -0.25) is 43.5 Å². The van der Waals surface area contributed by atoms with Crippen molar-refractivity contribution >= 4 is 87.7 Å². The summed E-state index contributed by atoms with van der Waals surface area (Å²) in [6.07, 6.45) is 2.97. The van der Waals surface area contributed by atoms with Gasteiger partial charge in [-0.25, -0.2) is 0 Å². The Labute approximate surface area is 693 Å². The van der Waals surface area contributed by atoms with Gasteiger partial charge in [0.1, 0.15) is 17.3 Å². The molecule has 3 amide bonds. The second-order valence-corrected chi connectivity index (χ2v) is 34.6. The zero-order valence-corrected chi connectivity index (χ0v) is 69.3. The van der Waals surface area contributed by atoms with E-state index in [1.54, 1.807) is 71.7 Å². The van der Waals surface area contributed by atoms with Gasteiger partial charge in [-0.15, -0.1) is 0 Å². The van der Waals surface area contributed by atoms with E-state index in [-0.39, 0.29) is 70.6 Å². The number of rotatable bonds is 15. The van der Waals surface area contributed by atoms with Gasteiger partial charge in [0, 0.05) is 178 Å². The zero-order chi connectivity index (χ0) is 80.8. The first-order valence-electron chi connectivity index (χ1n) is 40.5. The summed E-state index contributed by atoms with van der Waals surface area (Å²) in [4.78, 5) is 95.5. The Morgan fingerprint density at radius 1 is 0.342 bits per heavy atom. The molecule has 0 bridgehead atoms. The van der Waals surface area contributed by atoms with Crippen LogP contribution >= 0.6 is 35.3 Å². The minimum atomic E-state index is -0.0714. The van der Waals surface area contributed by atoms with Crippen molar-refractivity contribution in [1.82, 2.24) is 14.7 Å². The lowest BCUT2D eigenvalue weighted by atomic mass is 10.00. The molecule has 6 aromatic carbocycles. The summed E-state index contributed by atoms with van der Waals surface area (Å²) in [5, 5.41) is 9.24. The van der Waals surface area contributed by atoms with Crippen molar-refractivity contribution in [1.29, 1.82) is 0 Å². The lowest BCUT2D eigenvalue weighted by Crippen LogP contribution is -2.48. The van der Waals surface area contributed by atoms with Crippen molar-refractivity contribution in [3.63, 3.8) is 0 Å². The standard InChI is InChI=1S/3C30H33N3O5S/c3*1-19-16-32(17-20(2)37-19)18-28(35)31-23-6-7-27-22(13-23)12-21-4-3-5-25(30(21)39-27)26-14-24(34)15-29(38-26)33-8-10-36-11-9-33/h3*3-7,13-15,19-20H,8-12,16-18H2,1-2H3,(H,31,35)/t3*19-,20+. The van der Waals surface area contributed by atoms with Crippen LogP contribution in [-0.4, -0.2) is 207 Å². The van der Waals surface area contributed by atoms with Gasteiger partial charge in [-0.1, -0.05) is 89.9 Å². The molecule has 0 unspecified atom stereocenters. The first kappa shape index (κ1) is 81.4. The van der Waals surface area contributed by atoms with Gasteiger partial charge in [-0.05, 0) is 149 Å².